The van der Waals surface area contributed by atoms with E-state index >= 15 is 0 Å². The zero-order valence-corrected chi connectivity index (χ0v) is 16.3. The molecule has 1 aromatic carbocycles. The lowest BCUT2D eigenvalue weighted by Gasteiger charge is -2.35. The van der Waals surface area contributed by atoms with E-state index in [-0.39, 0.29) is 12.1 Å². The van der Waals surface area contributed by atoms with Crippen molar-refractivity contribution in [1.82, 2.24) is 9.78 Å². The minimum Gasteiger partial charge on any atom is -0.266 e. The van der Waals surface area contributed by atoms with E-state index in [4.69, 9.17) is 0 Å². The first-order valence-corrected chi connectivity index (χ1v) is 10.5. The Morgan fingerprint density at radius 1 is 1.25 bits per heavy atom. The van der Waals surface area contributed by atoms with Crippen LogP contribution in [0.4, 0.5) is 5.69 Å². The zero-order chi connectivity index (χ0) is 17.6. The summed E-state index contributed by atoms with van der Waals surface area (Å²) in [6, 6.07) is 7.71. The van der Waals surface area contributed by atoms with Crippen molar-refractivity contribution in [2.45, 2.75) is 56.5 Å². The van der Waals surface area contributed by atoms with Crippen LogP contribution < -0.4 is 4.31 Å². The molecule has 0 bridgehead atoms. The topological polar surface area (TPSA) is 55.2 Å². The summed E-state index contributed by atoms with van der Waals surface area (Å²) in [6.45, 7) is 9.57. The summed E-state index contributed by atoms with van der Waals surface area (Å²) in [5.74, 6) is 0.743. The monoisotopic (exact) mass is 365 g/mol. The highest BCUT2D eigenvalue weighted by Gasteiger charge is 2.37. The summed E-state index contributed by atoms with van der Waals surface area (Å²) in [7, 11) is -3.66. The van der Waals surface area contributed by atoms with Crippen molar-refractivity contribution in [2.24, 2.45) is 0 Å². The first-order chi connectivity index (χ1) is 11.2. The largest absolute Gasteiger partial charge is 0.268 e. The molecule has 0 saturated carbocycles. The van der Waals surface area contributed by atoms with Crippen molar-refractivity contribution in [1.29, 1.82) is 0 Å². The minimum absolute atomic E-state index is 0.101. The molecule has 1 aliphatic rings. The third kappa shape index (κ3) is 2.63. The van der Waals surface area contributed by atoms with Crippen molar-refractivity contribution >= 4 is 27.5 Å². The van der Waals surface area contributed by atoms with Crippen molar-refractivity contribution < 1.29 is 8.42 Å². The molecule has 0 saturated heterocycles. The third-order valence-corrected chi connectivity index (χ3v) is 7.73. The van der Waals surface area contributed by atoms with Crippen molar-refractivity contribution in [3.63, 3.8) is 0 Å². The van der Waals surface area contributed by atoms with Crippen LogP contribution in [0.1, 0.15) is 38.2 Å². The minimum atomic E-state index is -3.66. The molecule has 7 heteroatoms. The second kappa shape index (κ2) is 6.11. The number of anilines is 1. The van der Waals surface area contributed by atoms with Crippen LogP contribution in [0.5, 0.6) is 0 Å². The molecule has 1 atom stereocenters. The molecule has 0 radical (unpaired) electrons. The summed E-state index contributed by atoms with van der Waals surface area (Å²) < 4.78 is 30.4. The number of aromatic nitrogens is 2. The molecule has 1 aromatic heterocycles. The Kier molecular flexibility index (Phi) is 4.42. The van der Waals surface area contributed by atoms with Crippen LogP contribution in [0.25, 0.3) is 0 Å². The summed E-state index contributed by atoms with van der Waals surface area (Å²) in [6.07, 6.45) is 0. The molecule has 5 nitrogen and oxygen atoms in total. The molecule has 130 valence electrons. The fourth-order valence-corrected chi connectivity index (χ4v) is 6.52. The molecule has 3 rings (SSSR count). The predicted octanol–water partition coefficient (Wildman–Crippen LogP) is 3.77. The van der Waals surface area contributed by atoms with Crippen molar-refractivity contribution in [2.75, 3.05) is 10.1 Å². The maximum atomic E-state index is 13.5. The SMILES string of the molecule is Cc1nn(C(C)C)c(C)c1S(=O)(=O)N1c2ccccc2SC[C@@H]1C. The van der Waals surface area contributed by atoms with E-state index in [0.29, 0.717) is 16.3 Å². The second-order valence-corrected chi connectivity index (χ2v) is 9.28. The molecule has 1 aliphatic heterocycles. The Bertz CT molecular complexity index is 872. The second-order valence-electron chi connectivity index (χ2n) is 6.47. The number of hydrogen-bond acceptors (Lipinski definition) is 4. The van der Waals surface area contributed by atoms with Gasteiger partial charge in [0.2, 0.25) is 0 Å². The van der Waals surface area contributed by atoms with Crippen molar-refractivity contribution in [3.05, 3.63) is 35.7 Å². The summed E-state index contributed by atoms with van der Waals surface area (Å²) in [5.41, 5.74) is 2.02. The molecule has 0 N–H and O–H groups in total. The quantitative estimate of drug-likeness (QED) is 0.831. The highest BCUT2D eigenvalue weighted by Crippen LogP contribution is 2.41. The van der Waals surface area contributed by atoms with E-state index < -0.39 is 10.0 Å². The van der Waals surface area contributed by atoms with E-state index in [2.05, 4.69) is 5.10 Å². The lowest BCUT2D eigenvalue weighted by molar-refractivity contribution is 0.514. The van der Waals surface area contributed by atoms with Gasteiger partial charge in [0, 0.05) is 16.7 Å². The fourth-order valence-electron chi connectivity index (χ4n) is 3.27. The number of nitrogens with zero attached hydrogens (tertiary/aromatic N) is 3. The van der Waals surface area contributed by atoms with Gasteiger partial charge in [-0.25, -0.2) is 8.42 Å². The van der Waals surface area contributed by atoms with Gasteiger partial charge in [0.1, 0.15) is 4.90 Å². The van der Waals surface area contributed by atoms with Crippen LogP contribution in [0, 0.1) is 13.8 Å². The maximum absolute atomic E-state index is 13.5. The normalized spacial score (nSPS) is 18.1. The fraction of sp³-hybridized carbons (Fsp3) is 0.471. The molecule has 24 heavy (non-hydrogen) atoms. The number of fused-ring (bicyclic) bond motifs is 1. The first-order valence-electron chi connectivity index (χ1n) is 8.07. The number of hydrogen-bond donors (Lipinski definition) is 0. The van der Waals surface area contributed by atoms with Gasteiger partial charge >= 0.3 is 0 Å². The summed E-state index contributed by atoms with van der Waals surface area (Å²) in [4.78, 5) is 1.34. The standard InChI is InChI=1S/C17H23N3O2S2/c1-11(2)19-14(5)17(13(4)18-19)24(21,22)20-12(3)10-23-16-9-7-6-8-15(16)20/h6-9,11-12H,10H2,1-5H3/t12-/m0/s1. The predicted molar refractivity (Wildman–Crippen MR) is 98.4 cm³/mol. The lowest BCUT2D eigenvalue weighted by Crippen LogP contribution is -2.42. The van der Waals surface area contributed by atoms with Gasteiger partial charge in [-0.15, -0.1) is 11.8 Å². The van der Waals surface area contributed by atoms with Gasteiger partial charge in [0.25, 0.3) is 10.0 Å². The van der Waals surface area contributed by atoms with Crippen LogP contribution in [0.3, 0.4) is 0 Å². The first kappa shape index (κ1) is 17.4. The van der Waals surface area contributed by atoms with Gasteiger partial charge in [0.15, 0.2) is 0 Å². The lowest BCUT2D eigenvalue weighted by atomic mass is 10.3. The molecule has 0 amide bonds. The number of benzene rings is 1. The molecule has 2 aromatic rings. The number of para-hydroxylation sites is 1. The van der Waals surface area contributed by atoms with Crippen LogP contribution in [-0.4, -0.2) is 30.0 Å². The van der Waals surface area contributed by atoms with Crippen LogP contribution in [0.2, 0.25) is 0 Å². The molecule has 2 heterocycles. The highest BCUT2D eigenvalue weighted by molar-refractivity contribution is 8.00. The third-order valence-electron chi connectivity index (χ3n) is 4.25. The van der Waals surface area contributed by atoms with Gasteiger partial charge in [-0.05, 0) is 46.8 Å². The summed E-state index contributed by atoms with van der Waals surface area (Å²) >= 11 is 1.70. The molecule has 0 aliphatic carbocycles. The average molecular weight is 366 g/mol. The molecular formula is C17H23N3O2S2. The molecule has 0 unspecified atom stereocenters. The van der Waals surface area contributed by atoms with Crippen molar-refractivity contribution in [3.8, 4) is 0 Å². The van der Waals surface area contributed by atoms with E-state index in [0.717, 1.165) is 16.3 Å². The Morgan fingerprint density at radius 3 is 2.54 bits per heavy atom. The Balaban J connectivity index is 2.19. The number of sulfonamides is 1. The molecular weight excluding hydrogens is 342 g/mol. The zero-order valence-electron chi connectivity index (χ0n) is 14.6. The van der Waals surface area contributed by atoms with E-state index in [1.807, 2.05) is 52.0 Å². The molecule has 0 fully saturated rings. The number of rotatable bonds is 3. The smallest absolute Gasteiger partial charge is 0.266 e. The van der Waals surface area contributed by atoms with Crippen LogP contribution in [0.15, 0.2) is 34.1 Å². The van der Waals surface area contributed by atoms with Gasteiger partial charge in [-0.3, -0.25) is 8.99 Å². The highest BCUT2D eigenvalue weighted by atomic mass is 32.2. The maximum Gasteiger partial charge on any atom is 0.268 e. The van der Waals surface area contributed by atoms with E-state index in [1.165, 1.54) is 0 Å². The Morgan fingerprint density at radius 2 is 1.92 bits per heavy atom. The molecule has 0 spiro atoms. The van der Waals surface area contributed by atoms with E-state index in [1.54, 1.807) is 27.7 Å². The number of thioether (sulfide) groups is 1. The van der Waals surface area contributed by atoms with Crippen LogP contribution >= 0.6 is 11.8 Å². The number of aryl methyl sites for hydroxylation is 1. The Hall–Kier alpha value is -1.47. The summed E-state index contributed by atoms with van der Waals surface area (Å²) in [5, 5.41) is 4.46. The van der Waals surface area contributed by atoms with E-state index in [9.17, 15) is 8.42 Å². The van der Waals surface area contributed by atoms with Gasteiger partial charge in [0.05, 0.1) is 23.1 Å². The van der Waals surface area contributed by atoms with Gasteiger partial charge in [-0.1, -0.05) is 12.1 Å². The van der Waals surface area contributed by atoms with Crippen LogP contribution in [-0.2, 0) is 10.0 Å². The average Bonchev–Trinajstić information content (AvgIpc) is 2.82. The van der Waals surface area contributed by atoms with Gasteiger partial charge in [-0.2, -0.15) is 5.10 Å². The Labute approximate surface area is 148 Å². The van der Waals surface area contributed by atoms with Gasteiger partial charge < -0.3 is 0 Å².